The summed E-state index contributed by atoms with van der Waals surface area (Å²) in [5.41, 5.74) is 6.80. The van der Waals surface area contributed by atoms with Crippen LogP contribution < -0.4 is 10.5 Å². The third-order valence-electron chi connectivity index (χ3n) is 3.23. The zero-order valence-electron chi connectivity index (χ0n) is 12.9. The number of carbonyl (C=O) groups excluding carboxylic acids is 1. The number of aryl methyl sites for hydroxylation is 1. The maximum Gasteiger partial charge on any atom is 0.243 e. The number of nitrogens with one attached hydrogen (secondary N) is 1. The summed E-state index contributed by atoms with van der Waals surface area (Å²) in [4.78, 5) is 13.7. The van der Waals surface area contributed by atoms with Crippen molar-refractivity contribution in [2.45, 2.75) is 38.6 Å². The molecule has 0 radical (unpaired) electrons. The largest absolute Gasteiger partial charge is 0.398 e. The molecular formula is C14H23N3O3S. The number of nitrogen functional groups attached to an aromatic ring is 1. The number of rotatable bonds is 6. The fourth-order valence-electron chi connectivity index (χ4n) is 2.07. The number of likely N-dealkylation sites (N-methyl/N-ethyl adjacent to an activating group) is 1. The maximum absolute atomic E-state index is 12.3. The molecule has 118 valence electrons. The van der Waals surface area contributed by atoms with Crippen LogP contribution in [0.3, 0.4) is 0 Å². The molecule has 0 aliphatic carbocycles. The minimum Gasteiger partial charge on any atom is -0.398 e. The van der Waals surface area contributed by atoms with Crippen molar-refractivity contribution in [1.82, 2.24) is 9.62 Å². The third-order valence-corrected chi connectivity index (χ3v) is 4.85. The zero-order chi connectivity index (χ0) is 16.2. The predicted octanol–water partition coefficient (Wildman–Crippen LogP) is 1.11. The summed E-state index contributed by atoms with van der Waals surface area (Å²) >= 11 is 0. The number of nitrogens with zero attached hydrogens (tertiary/aromatic N) is 1. The molecule has 6 nitrogen and oxygen atoms in total. The predicted molar refractivity (Wildman–Crippen MR) is 83.3 cm³/mol. The van der Waals surface area contributed by atoms with Crippen LogP contribution >= 0.6 is 0 Å². The number of nitrogens with two attached hydrogens (primary N) is 1. The molecule has 0 bridgehead atoms. The second-order valence-electron chi connectivity index (χ2n) is 4.89. The SMILES string of the molecule is CCN(CC)C(=O)C(C)NS(=O)(=O)c1ccc(C)cc1N. The van der Waals surface area contributed by atoms with Gasteiger partial charge in [-0.25, -0.2) is 8.42 Å². The van der Waals surface area contributed by atoms with Gasteiger partial charge in [0.2, 0.25) is 15.9 Å². The first-order valence-electron chi connectivity index (χ1n) is 6.90. The highest BCUT2D eigenvalue weighted by molar-refractivity contribution is 7.89. The molecule has 1 atom stereocenters. The van der Waals surface area contributed by atoms with E-state index in [9.17, 15) is 13.2 Å². The van der Waals surface area contributed by atoms with Gasteiger partial charge in [-0.15, -0.1) is 0 Å². The number of hydrogen-bond acceptors (Lipinski definition) is 4. The molecule has 1 amide bonds. The van der Waals surface area contributed by atoms with Gasteiger partial charge in [-0.3, -0.25) is 4.79 Å². The minimum atomic E-state index is -3.82. The molecule has 0 aliphatic heterocycles. The molecular weight excluding hydrogens is 290 g/mol. The molecule has 3 N–H and O–H groups in total. The number of benzene rings is 1. The quantitative estimate of drug-likeness (QED) is 0.770. The molecule has 1 unspecified atom stereocenters. The maximum atomic E-state index is 12.3. The van der Waals surface area contributed by atoms with Crippen LogP contribution in [0.15, 0.2) is 23.1 Å². The summed E-state index contributed by atoms with van der Waals surface area (Å²) in [6.45, 7) is 8.12. The molecule has 0 heterocycles. The normalized spacial score (nSPS) is 13.0. The minimum absolute atomic E-state index is 0.00713. The van der Waals surface area contributed by atoms with Crippen molar-refractivity contribution >= 4 is 21.6 Å². The first-order chi connectivity index (χ1) is 9.72. The Labute approximate surface area is 126 Å². The Kier molecular flexibility index (Phi) is 5.74. The molecule has 7 heteroatoms. The van der Waals surface area contributed by atoms with E-state index < -0.39 is 16.1 Å². The summed E-state index contributed by atoms with van der Waals surface area (Å²) in [5.74, 6) is -0.255. The van der Waals surface area contributed by atoms with Crippen LogP contribution in [0, 0.1) is 6.92 Å². The van der Waals surface area contributed by atoms with E-state index in [4.69, 9.17) is 5.73 Å². The molecule has 0 saturated carbocycles. The highest BCUT2D eigenvalue weighted by Crippen LogP contribution is 2.19. The number of carbonyl (C=O) groups is 1. The fraction of sp³-hybridized carbons (Fsp3) is 0.500. The Bertz CT molecular complexity index is 610. The Morgan fingerprint density at radius 1 is 1.33 bits per heavy atom. The van der Waals surface area contributed by atoms with Crippen LogP contribution in [0.1, 0.15) is 26.3 Å². The van der Waals surface area contributed by atoms with Gasteiger partial charge in [0, 0.05) is 13.1 Å². The summed E-state index contributed by atoms with van der Waals surface area (Å²) in [6, 6.07) is 3.87. The van der Waals surface area contributed by atoms with Gasteiger partial charge in [0.25, 0.3) is 0 Å². The second kappa shape index (κ2) is 6.91. The van der Waals surface area contributed by atoms with E-state index in [2.05, 4.69) is 4.72 Å². The Morgan fingerprint density at radius 3 is 2.38 bits per heavy atom. The van der Waals surface area contributed by atoms with E-state index in [1.807, 2.05) is 20.8 Å². The Balaban J connectivity index is 2.97. The topological polar surface area (TPSA) is 92.5 Å². The summed E-state index contributed by atoms with van der Waals surface area (Å²) in [6.07, 6.45) is 0. The van der Waals surface area contributed by atoms with Gasteiger partial charge in [0.15, 0.2) is 0 Å². The van der Waals surface area contributed by atoms with Crippen molar-refractivity contribution in [2.24, 2.45) is 0 Å². The molecule has 0 spiro atoms. The van der Waals surface area contributed by atoms with Crippen molar-refractivity contribution in [3.63, 3.8) is 0 Å². The molecule has 0 fully saturated rings. The van der Waals surface area contributed by atoms with E-state index in [0.717, 1.165) is 5.56 Å². The van der Waals surface area contributed by atoms with Crippen molar-refractivity contribution < 1.29 is 13.2 Å². The number of anilines is 1. The number of sulfonamides is 1. The van der Waals surface area contributed by atoms with Crippen molar-refractivity contribution in [3.05, 3.63) is 23.8 Å². The van der Waals surface area contributed by atoms with Gasteiger partial charge >= 0.3 is 0 Å². The van der Waals surface area contributed by atoms with E-state index >= 15 is 0 Å². The number of hydrogen-bond donors (Lipinski definition) is 2. The van der Waals surface area contributed by atoms with Crippen LogP contribution in [0.5, 0.6) is 0 Å². The van der Waals surface area contributed by atoms with Crippen molar-refractivity contribution in [1.29, 1.82) is 0 Å². The molecule has 1 aromatic rings. The standard InChI is InChI=1S/C14H23N3O3S/c1-5-17(6-2)14(18)11(4)16-21(19,20)13-8-7-10(3)9-12(13)15/h7-9,11,16H,5-6,15H2,1-4H3. The van der Waals surface area contributed by atoms with Gasteiger partial charge in [-0.05, 0) is 45.4 Å². The highest BCUT2D eigenvalue weighted by Gasteiger charge is 2.25. The van der Waals surface area contributed by atoms with Crippen molar-refractivity contribution in [2.75, 3.05) is 18.8 Å². The van der Waals surface area contributed by atoms with Crippen LogP contribution in [0.25, 0.3) is 0 Å². The van der Waals surface area contributed by atoms with Gasteiger partial charge in [-0.2, -0.15) is 4.72 Å². The smallest absolute Gasteiger partial charge is 0.243 e. The highest BCUT2D eigenvalue weighted by atomic mass is 32.2. The lowest BCUT2D eigenvalue weighted by molar-refractivity contribution is -0.132. The average molecular weight is 313 g/mol. The summed E-state index contributed by atoms with van der Waals surface area (Å²) < 4.78 is 27.0. The second-order valence-corrected chi connectivity index (χ2v) is 6.58. The lowest BCUT2D eigenvalue weighted by atomic mass is 10.2. The Hall–Kier alpha value is -1.60. The van der Waals surface area contributed by atoms with Gasteiger partial charge < -0.3 is 10.6 Å². The monoisotopic (exact) mass is 313 g/mol. The zero-order valence-corrected chi connectivity index (χ0v) is 13.7. The fourth-order valence-corrected chi connectivity index (χ4v) is 3.38. The third kappa shape index (κ3) is 4.18. The van der Waals surface area contributed by atoms with Crippen LogP contribution in [0.2, 0.25) is 0 Å². The van der Waals surface area contributed by atoms with E-state index in [0.29, 0.717) is 13.1 Å². The van der Waals surface area contributed by atoms with Gasteiger partial charge in [0.05, 0.1) is 11.7 Å². The summed E-state index contributed by atoms with van der Waals surface area (Å²) in [7, 11) is -3.82. The van der Waals surface area contributed by atoms with Crippen molar-refractivity contribution in [3.8, 4) is 0 Å². The van der Waals surface area contributed by atoms with Crippen LogP contribution in [-0.2, 0) is 14.8 Å². The first-order valence-corrected chi connectivity index (χ1v) is 8.38. The average Bonchev–Trinajstić information content (AvgIpc) is 2.38. The van der Waals surface area contributed by atoms with E-state index in [1.54, 1.807) is 17.0 Å². The molecule has 1 rings (SSSR count). The molecule has 21 heavy (non-hydrogen) atoms. The Morgan fingerprint density at radius 2 is 1.90 bits per heavy atom. The number of amides is 1. The summed E-state index contributed by atoms with van der Waals surface area (Å²) in [5, 5.41) is 0. The lowest BCUT2D eigenvalue weighted by Gasteiger charge is -2.23. The first kappa shape index (κ1) is 17.5. The van der Waals surface area contributed by atoms with E-state index in [-0.39, 0.29) is 16.5 Å². The molecule has 0 aliphatic rings. The van der Waals surface area contributed by atoms with Crippen LogP contribution in [-0.4, -0.2) is 38.4 Å². The molecule has 1 aromatic carbocycles. The molecule has 0 aromatic heterocycles. The van der Waals surface area contributed by atoms with E-state index in [1.165, 1.54) is 13.0 Å². The lowest BCUT2D eigenvalue weighted by Crippen LogP contribution is -2.46. The molecule has 0 saturated heterocycles. The van der Waals surface area contributed by atoms with Crippen LogP contribution in [0.4, 0.5) is 5.69 Å². The van der Waals surface area contributed by atoms with Gasteiger partial charge in [-0.1, -0.05) is 6.07 Å². The van der Waals surface area contributed by atoms with Gasteiger partial charge in [0.1, 0.15) is 4.90 Å².